The molecule has 7 nitrogen and oxygen atoms in total. The first-order chi connectivity index (χ1) is 16.5. The van der Waals surface area contributed by atoms with Crippen LogP contribution in [-0.2, 0) is 29.5 Å². The normalized spacial score (nSPS) is 15.2. The summed E-state index contributed by atoms with van der Waals surface area (Å²) in [5, 5.41) is 2.93. The van der Waals surface area contributed by atoms with Gasteiger partial charge in [-0.05, 0) is 55.3 Å². The van der Waals surface area contributed by atoms with Crippen molar-refractivity contribution in [2.75, 3.05) is 16.8 Å². The zero-order valence-electron chi connectivity index (χ0n) is 19.2. The lowest BCUT2D eigenvalue weighted by atomic mass is 10.1. The van der Waals surface area contributed by atoms with Gasteiger partial charge in [-0.15, -0.1) is 0 Å². The highest BCUT2D eigenvalue weighted by atomic mass is 16.5. The number of hydrogen-bond donors (Lipinski definition) is 1. The van der Waals surface area contributed by atoms with Crippen LogP contribution in [0.15, 0.2) is 72.8 Å². The average molecular weight is 455 g/mol. The summed E-state index contributed by atoms with van der Waals surface area (Å²) < 4.78 is 7.78. The Morgan fingerprint density at radius 2 is 1.82 bits per heavy atom. The van der Waals surface area contributed by atoms with Crippen molar-refractivity contribution in [1.82, 2.24) is 9.55 Å². The molecule has 1 aliphatic heterocycles. The summed E-state index contributed by atoms with van der Waals surface area (Å²) in [5.74, 6) is 1.13. The van der Waals surface area contributed by atoms with Gasteiger partial charge < -0.3 is 14.6 Å². The Labute approximate surface area is 198 Å². The highest BCUT2D eigenvalue weighted by Gasteiger charge is 2.32. The van der Waals surface area contributed by atoms with E-state index in [4.69, 9.17) is 9.72 Å². The number of nitrogens with one attached hydrogen (secondary N) is 1. The minimum absolute atomic E-state index is 0.0758. The summed E-state index contributed by atoms with van der Waals surface area (Å²) >= 11 is 0. The topological polar surface area (TPSA) is 76.5 Å². The van der Waals surface area contributed by atoms with Crippen LogP contribution in [0.5, 0.6) is 5.75 Å². The Balaban J connectivity index is 1.25. The highest BCUT2D eigenvalue weighted by Crippen LogP contribution is 2.33. The highest BCUT2D eigenvalue weighted by molar-refractivity contribution is 6.06. The van der Waals surface area contributed by atoms with Crippen molar-refractivity contribution in [2.45, 2.75) is 25.9 Å². The van der Waals surface area contributed by atoms with Gasteiger partial charge in [-0.2, -0.15) is 0 Å². The fourth-order valence-corrected chi connectivity index (χ4v) is 4.35. The first kappa shape index (κ1) is 21.7. The quantitative estimate of drug-likeness (QED) is 0.476. The maximum absolute atomic E-state index is 12.8. The summed E-state index contributed by atoms with van der Waals surface area (Å²) in [7, 11) is 2.03. The standard InChI is InChI=1S/C27H26N4O3/c1-18-27(33)31(23-12-5-6-13-24(23)34-18)17-26(32)28-20-9-7-8-19(16-20)14-15-25-29-21-10-3-4-11-22(21)30(25)2/h3-13,16,18H,14-15,17H2,1-2H3,(H,28,32)/t18-/m0/s1. The molecular formula is C27H26N4O3. The molecule has 0 aliphatic carbocycles. The van der Waals surface area contributed by atoms with Gasteiger partial charge in [-0.25, -0.2) is 4.98 Å². The molecule has 5 rings (SSSR count). The van der Waals surface area contributed by atoms with Crippen LogP contribution < -0.4 is 15.0 Å². The van der Waals surface area contributed by atoms with Crippen LogP contribution >= 0.6 is 0 Å². The van der Waals surface area contributed by atoms with Crippen LogP contribution in [-0.4, -0.2) is 34.0 Å². The summed E-state index contributed by atoms with van der Waals surface area (Å²) in [6.07, 6.45) is 0.960. The summed E-state index contributed by atoms with van der Waals surface area (Å²) in [4.78, 5) is 31.7. The number of nitrogens with zero attached hydrogens (tertiary/aromatic N) is 3. The second kappa shape index (κ2) is 9.02. The van der Waals surface area contributed by atoms with Crippen LogP contribution in [0.1, 0.15) is 18.3 Å². The van der Waals surface area contributed by atoms with E-state index < -0.39 is 6.10 Å². The molecule has 0 unspecified atom stereocenters. The number of anilines is 2. The number of carbonyl (C=O) groups is 2. The molecule has 2 heterocycles. The van der Waals surface area contributed by atoms with Crippen molar-refractivity contribution < 1.29 is 14.3 Å². The number of imidazole rings is 1. The first-order valence-corrected chi connectivity index (χ1v) is 11.4. The molecule has 3 aromatic carbocycles. The van der Waals surface area contributed by atoms with Crippen LogP contribution in [0.2, 0.25) is 0 Å². The first-order valence-electron chi connectivity index (χ1n) is 11.4. The molecule has 1 aromatic heterocycles. The molecule has 7 heteroatoms. The second-order valence-electron chi connectivity index (χ2n) is 8.48. The SMILES string of the molecule is C[C@@H]1Oc2ccccc2N(CC(=O)Nc2cccc(CCc3nc4ccccc4n3C)c2)C1=O. The van der Waals surface area contributed by atoms with E-state index in [1.165, 1.54) is 4.90 Å². The predicted molar refractivity (Wildman–Crippen MR) is 132 cm³/mol. The van der Waals surface area contributed by atoms with E-state index in [-0.39, 0.29) is 18.4 Å². The van der Waals surface area contributed by atoms with E-state index in [1.54, 1.807) is 19.1 Å². The summed E-state index contributed by atoms with van der Waals surface area (Å²) in [6, 6.07) is 23.2. The second-order valence-corrected chi connectivity index (χ2v) is 8.48. The van der Waals surface area contributed by atoms with Gasteiger partial charge in [0, 0.05) is 19.2 Å². The van der Waals surface area contributed by atoms with E-state index in [9.17, 15) is 9.59 Å². The molecule has 2 amide bonds. The van der Waals surface area contributed by atoms with E-state index in [0.29, 0.717) is 17.1 Å². The average Bonchev–Trinajstić information content (AvgIpc) is 3.16. The molecule has 0 radical (unpaired) electrons. The van der Waals surface area contributed by atoms with Crippen LogP contribution in [0.25, 0.3) is 11.0 Å². The smallest absolute Gasteiger partial charge is 0.268 e. The third kappa shape index (κ3) is 4.24. The lowest BCUT2D eigenvalue weighted by Crippen LogP contribution is -2.47. The van der Waals surface area contributed by atoms with Gasteiger partial charge in [0.15, 0.2) is 6.10 Å². The number of para-hydroxylation sites is 4. The van der Waals surface area contributed by atoms with Crippen molar-refractivity contribution in [3.8, 4) is 5.75 Å². The number of rotatable bonds is 6. The molecule has 0 bridgehead atoms. The Bertz CT molecular complexity index is 1380. The molecular weight excluding hydrogens is 428 g/mol. The van der Waals surface area contributed by atoms with Crippen molar-refractivity contribution in [2.24, 2.45) is 7.05 Å². The maximum atomic E-state index is 12.8. The van der Waals surface area contributed by atoms with E-state index in [1.807, 2.05) is 61.6 Å². The van der Waals surface area contributed by atoms with Crippen LogP contribution in [0.4, 0.5) is 11.4 Å². The van der Waals surface area contributed by atoms with Gasteiger partial charge >= 0.3 is 0 Å². The monoisotopic (exact) mass is 454 g/mol. The van der Waals surface area contributed by atoms with Gasteiger partial charge in [0.2, 0.25) is 5.91 Å². The van der Waals surface area contributed by atoms with Gasteiger partial charge in [-0.3, -0.25) is 14.5 Å². The van der Waals surface area contributed by atoms with Crippen molar-refractivity contribution in [3.63, 3.8) is 0 Å². The minimum atomic E-state index is -0.631. The third-order valence-electron chi connectivity index (χ3n) is 6.10. The summed E-state index contributed by atoms with van der Waals surface area (Å²) in [6.45, 7) is 1.62. The summed E-state index contributed by atoms with van der Waals surface area (Å²) in [5.41, 5.74) is 4.53. The molecule has 4 aromatic rings. The lowest BCUT2D eigenvalue weighted by Gasteiger charge is -2.32. The molecule has 0 spiro atoms. The Hall–Kier alpha value is -4.13. The Kier molecular flexibility index (Phi) is 5.76. The molecule has 1 atom stereocenters. The molecule has 1 aliphatic rings. The minimum Gasteiger partial charge on any atom is -0.479 e. The largest absolute Gasteiger partial charge is 0.479 e. The molecule has 172 valence electrons. The number of aromatic nitrogens is 2. The molecule has 34 heavy (non-hydrogen) atoms. The molecule has 0 saturated heterocycles. The predicted octanol–water partition coefficient (Wildman–Crippen LogP) is 4.11. The van der Waals surface area contributed by atoms with E-state index in [0.717, 1.165) is 35.3 Å². The number of benzene rings is 3. The van der Waals surface area contributed by atoms with Crippen molar-refractivity contribution in [1.29, 1.82) is 0 Å². The van der Waals surface area contributed by atoms with Gasteiger partial charge in [0.25, 0.3) is 5.91 Å². The van der Waals surface area contributed by atoms with Crippen molar-refractivity contribution >= 4 is 34.2 Å². The lowest BCUT2D eigenvalue weighted by molar-refractivity contribution is -0.127. The Morgan fingerprint density at radius 3 is 2.68 bits per heavy atom. The zero-order valence-corrected chi connectivity index (χ0v) is 19.2. The van der Waals surface area contributed by atoms with E-state index >= 15 is 0 Å². The Morgan fingerprint density at radius 1 is 1.03 bits per heavy atom. The number of hydrogen-bond acceptors (Lipinski definition) is 4. The maximum Gasteiger partial charge on any atom is 0.268 e. The number of carbonyl (C=O) groups excluding carboxylic acids is 2. The van der Waals surface area contributed by atoms with Gasteiger partial charge in [0.05, 0.1) is 16.7 Å². The number of fused-ring (bicyclic) bond motifs is 2. The number of aryl methyl sites for hydroxylation is 3. The van der Waals surface area contributed by atoms with E-state index in [2.05, 4.69) is 16.0 Å². The number of amides is 2. The molecule has 0 saturated carbocycles. The van der Waals surface area contributed by atoms with Gasteiger partial charge in [-0.1, -0.05) is 36.4 Å². The van der Waals surface area contributed by atoms with Crippen LogP contribution in [0, 0.1) is 0 Å². The fraction of sp³-hybridized carbons (Fsp3) is 0.222. The fourth-order valence-electron chi connectivity index (χ4n) is 4.35. The van der Waals surface area contributed by atoms with Crippen LogP contribution in [0.3, 0.4) is 0 Å². The number of ether oxygens (including phenoxy) is 1. The zero-order chi connectivity index (χ0) is 23.7. The third-order valence-corrected chi connectivity index (χ3v) is 6.10. The van der Waals surface area contributed by atoms with Crippen molar-refractivity contribution in [3.05, 3.63) is 84.2 Å². The molecule has 1 N–H and O–H groups in total. The molecule has 0 fully saturated rings. The van der Waals surface area contributed by atoms with Gasteiger partial charge in [0.1, 0.15) is 18.1 Å².